The summed E-state index contributed by atoms with van der Waals surface area (Å²) in [6.07, 6.45) is 2.89. The highest BCUT2D eigenvalue weighted by Crippen LogP contribution is 2.66. The van der Waals surface area contributed by atoms with Gasteiger partial charge in [-0.2, -0.15) is 0 Å². The van der Waals surface area contributed by atoms with Crippen molar-refractivity contribution in [3.8, 4) is 17.6 Å². The van der Waals surface area contributed by atoms with Crippen molar-refractivity contribution in [2.45, 2.75) is 61.4 Å². The molecular formula is C55H53N3O10. The van der Waals surface area contributed by atoms with Crippen molar-refractivity contribution in [3.63, 3.8) is 0 Å². The van der Waals surface area contributed by atoms with E-state index in [0.29, 0.717) is 28.0 Å². The van der Waals surface area contributed by atoms with Crippen molar-refractivity contribution in [1.29, 1.82) is 0 Å². The number of cyclic esters (lactones) is 1. The van der Waals surface area contributed by atoms with E-state index in [-0.39, 0.29) is 44.2 Å². The number of allylic oxidation sites excluding steroid dienone is 2. The van der Waals surface area contributed by atoms with Crippen LogP contribution in [0.5, 0.6) is 5.75 Å². The number of ether oxygens (including phenoxy) is 4. The number of nitrogens with one attached hydrogen (secondary N) is 1. The summed E-state index contributed by atoms with van der Waals surface area (Å²) in [5, 5.41) is 24.2. The van der Waals surface area contributed by atoms with Crippen LogP contribution in [0.3, 0.4) is 0 Å². The smallest absolute Gasteiger partial charge is 0.421 e. The first-order valence-corrected chi connectivity index (χ1v) is 23.0. The summed E-state index contributed by atoms with van der Waals surface area (Å²) in [6.45, 7) is -0.695. The molecule has 2 fully saturated rings. The molecule has 0 bridgehead atoms. The number of methoxy groups -OCH3 is 1. The first-order valence-electron chi connectivity index (χ1n) is 23.0. The van der Waals surface area contributed by atoms with Gasteiger partial charge >= 0.3 is 12.1 Å². The highest BCUT2D eigenvalue weighted by molar-refractivity contribution is 6.23. The molecule has 3 N–H and O–H groups in total. The van der Waals surface area contributed by atoms with Gasteiger partial charge in [-0.15, -0.1) is 0 Å². The van der Waals surface area contributed by atoms with Gasteiger partial charge < -0.3 is 34.5 Å². The van der Waals surface area contributed by atoms with E-state index in [4.69, 9.17) is 18.9 Å². The van der Waals surface area contributed by atoms with E-state index in [1.54, 1.807) is 66.7 Å². The number of amides is 3. The summed E-state index contributed by atoms with van der Waals surface area (Å²) in [5.74, 6) is 3.10. The molecule has 7 unspecified atom stereocenters. The Morgan fingerprint density at radius 3 is 2.25 bits per heavy atom. The Balaban J connectivity index is 1.33. The predicted octanol–water partition coefficient (Wildman–Crippen LogP) is 7.21. The summed E-state index contributed by atoms with van der Waals surface area (Å²) in [7, 11) is 1.46. The molecule has 0 aromatic heterocycles. The van der Waals surface area contributed by atoms with Crippen molar-refractivity contribution in [2.24, 2.45) is 5.92 Å². The third kappa shape index (κ3) is 8.68. The number of rotatable bonds is 13. The van der Waals surface area contributed by atoms with Crippen LogP contribution in [0, 0.1) is 17.8 Å². The molecule has 7 atom stereocenters. The van der Waals surface area contributed by atoms with E-state index < -0.39 is 65.5 Å². The average Bonchev–Trinajstić information content (AvgIpc) is 3.84. The molecule has 13 nitrogen and oxygen atoms in total. The summed E-state index contributed by atoms with van der Waals surface area (Å²) in [6, 6.07) is 36.3. The second-order valence-corrected chi connectivity index (χ2v) is 17.3. The van der Waals surface area contributed by atoms with Crippen molar-refractivity contribution in [2.75, 3.05) is 45.0 Å². The van der Waals surface area contributed by atoms with Gasteiger partial charge in [0, 0.05) is 19.2 Å². The molecular weight excluding hydrogens is 863 g/mol. The summed E-state index contributed by atoms with van der Waals surface area (Å²) < 4.78 is 23.5. The van der Waals surface area contributed by atoms with E-state index in [0.717, 1.165) is 41.7 Å². The van der Waals surface area contributed by atoms with Gasteiger partial charge in [-0.05, 0) is 89.4 Å². The van der Waals surface area contributed by atoms with Crippen molar-refractivity contribution in [1.82, 2.24) is 10.2 Å². The lowest BCUT2D eigenvalue weighted by atomic mass is 9.65. The van der Waals surface area contributed by atoms with Gasteiger partial charge in [0.15, 0.2) is 0 Å². The lowest BCUT2D eigenvalue weighted by Crippen LogP contribution is -2.56. The number of morpholine rings is 1. The minimum absolute atomic E-state index is 0.0310. The Kier molecular flexibility index (Phi) is 13.8. The van der Waals surface area contributed by atoms with Crippen LogP contribution in [0.4, 0.5) is 10.5 Å². The molecule has 9 rings (SSSR count). The van der Waals surface area contributed by atoms with Gasteiger partial charge in [0.2, 0.25) is 11.8 Å². The zero-order valence-electron chi connectivity index (χ0n) is 37.7. The number of fused-ring (bicyclic) bond motifs is 3. The maximum atomic E-state index is 16.4. The Hall–Kier alpha value is -7.08. The zero-order valence-corrected chi connectivity index (χ0v) is 37.7. The maximum Gasteiger partial charge on any atom is 0.421 e. The monoisotopic (exact) mass is 915 g/mol. The van der Waals surface area contributed by atoms with Crippen molar-refractivity contribution in [3.05, 3.63) is 178 Å². The number of imide groups is 1. The minimum atomic E-state index is -2.09. The molecule has 0 saturated carbocycles. The maximum absolute atomic E-state index is 16.4. The number of benzene rings is 5. The van der Waals surface area contributed by atoms with Crippen LogP contribution in [0.2, 0.25) is 0 Å². The van der Waals surface area contributed by atoms with Crippen LogP contribution >= 0.6 is 0 Å². The zero-order chi connectivity index (χ0) is 47.2. The lowest BCUT2D eigenvalue weighted by Gasteiger charge is -2.46. The summed E-state index contributed by atoms with van der Waals surface area (Å²) >= 11 is 0. The number of carbonyl (C=O) groups excluding carboxylic acids is 4. The number of hydrogen-bond acceptors (Lipinski definition) is 11. The molecule has 3 aliphatic heterocycles. The molecule has 0 radical (unpaired) electrons. The first kappa shape index (κ1) is 46.0. The molecule has 68 heavy (non-hydrogen) atoms. The van der Waals surface area contributed by atoms with Gasteiger partial charge in [-0.1, -0.05) is 121 Å². The predicted molar refractivity (Wildman–Crippen MR) is 252 cm³/mol. The minimum Gasteiger partial charge on any atom is -0.491 e. The molecule has 5 aromatic carbocycles. The number of hydrogen-bond donors (Lipinski definition) is 3. The largest absolute Gasteiger partial charge is 0.491 e. The number of aliphatic hydroxyl groups excluding tert-OH is 2. The number of anilines is 1. The molecule has 3 amide bonds. The third-order valence-electron chi connectivity index (χ3n) is 13.3. The lowest BCUT2D eigenvalue weighted by molar-refractivity contribution is -0.178. The Morgan fingerprint density at radius 2 is 1.54 bits per heavy atom. The molecule has 348 valence electrons. The normalized spacial score (nSPS) is 23.4. The Morgan fingerprint density at radius 1 is 0.824 bits per heavy atom. The molecule has 4 aliphatic rings. The summed E-state index contributed by atoms with van der Waals surface area (Å²) in [4.78, 5) is 64.9. The highest BCUT2D eigenvalue weighted by Gasteiger charge is 2.75. The van der Waals surface area contributed by atoms with Crippen LogP contribution in [-0.2, 0) is 34.0 Å². The van der Waals surface area contributed by atoms with Crippen molar-refractivity contribution < 1.29 is 48.3 Å². The van der Waals surface area contributed by atoms with Crippen LogP contribution < -0.4 is 15.0 Å². The van der Waals surface area contributed by atoms with Gasteiger partial charge in [-0.3, -0.25) is 19.3 Å². The second-order valence-electron chi connectivity index (χ2n) is 17.3. The number of nitrogens with zero attached hydrogens (tertiary/aromatic N) is 2. The molecule has 5 aromatic rings. The fourth-order valence-corrected chi connectivity index (χ4v) is 10.4. The van der Waals surface area contributed by atoms with E-state index >= 15 is 14.4 Å². The van der Waals surface area contributed by atoms with Crippen LogP contribution in [0.25, 0.3) is 0 Å². The number of esters is 1. The second kappa shape index (κ2) is 20.4. The standard InChI is InChI=1S/C55H53N3O10/c1-65-31-32-67-54(64)57-44-28-27-37(26-25-36-15-6-2-7-16-36)33-43(44)55(53(57)63)46(51(61)56-35-45(60)38-17-8-3-9-18-38)48-52(62)68-49(40-21-12-5-13-22-40)47(39-19-10-4-11-20-39)58(48)50(55)41-23-14-24-42(34-41)66-30-29-59/h3-5,8-15,17-24,27-28,33-34,45-50,59-60H,2,6-7,16,29-32,35H2,1H3,(H,56,61). The van der Waals surface area contributed by atoms with Crippen LogP contribution in [0.1, 0.15) is 83.4 Å². The fraction of sp³-hybridized carbons (Fsp3) is 0.309. The molecule has 13 heteroatoms. The SMILES string of the molecule is COCCOC(=O)N1C(=O)C2(c3cc(C#CC4=CCCCC4)ccc31)C(C(=O)NCC(O)c1ccccc1)C1C(=O)OC(c3ccccc3)C(c3ccccc3)N1C2c1cccc(OCCO)c1. The van der Waals surface area contributed by atoms with E-state index in [1.807, 2.05) is 71.6 Å². The highest BCUT2D eigenvalue weighted by atomic mass is 16.6. The van der Waals surface area contributed by atoms with E-state index in [2.05, 4.69) is 23.2 Å². The summed E-state index contributed by atoms with van der Waals surface area (Å²) in [5.41, 5.74) is 2.29. The van der Waals surface area contributed by atoms with Crippen LogP contribution in [0.15, 0.2) is 145 Å². The van der Waals surface area contributed by atoms with Gasteiger partial charge in [0.05, 0.1) is 43.0 Å². The number of aliphatic hydroxyl groups is 2. The average molecular weight is 916 g/mol. The Labute approximate surface area is 395 Å². The quantitative estimate of drug-likeness (QED) is 0.0622. The number of carbonyl (C=O) groups is 4. The first-order chi connectivity index (χ1) is 33.3. The van der Waals surface area contributed by atoms with Crippen molar-refractivity contribution >= 4 is 29.6 Å². The molecule has 1 spiro atoms. The molecule has 1 aliphatic carbocycles. The fourth-order valence-electron chi connectivity index (χ4n) is 10.4. The topological polar surface area (TPSA) is 164 Å². The van der Waals surface area contributed by atoms with Gasteiger partial charge in [-0.25, -0.2) is 9.69 Å². The van der Waals surface area contributed by atoms with Gasteiger partial charge in [0.1, 0.15) is 36.5 Å². The molecule has 2 saturated heterocycles. The third-order valence-corrected chi connectivity index (χ3v) is 13.3. The Bertz CT molecular complexity index is 2740. The van der Waals surface area contributed by atoms with E-state index in [9.17, 15) is 15.0 Å². The van der Waals surface area contributed by atoms with Gasteiger partial charge in [0.25, 0.3) is 0 Å². The van der Waals surface area contributed by atoms with E-state index in [1.165, 1.54) is 7.11 Å². The molecule has 3 heterocycles. The van der Waals surface area contributed by atoms with Crippen LogP contribution in [-0.4, -0.2) is 85.1 Å².